The first-order valence-electron chi connectivity index (χ1n) is 6.46. The van der Waals surface area contributed by atoms with Crippen molar-refractivity contribution in [3.63, 3.8) is 0 Å². The molecule has 1 aliphatic rings. The molecule has 2 aromatic carbocycles. The molecule has 2 nitrogen and oxygen atoms in total. The maximum absolute atomic E-state index is 12.1. The molecule has 1 amide bonds. The van der Waals surface area contributed by atoms with Gasteiger partial charge >= 0.3 is 0 Å². The Morgan fingerprint density at radius 2 is 2.10 bits per heavy atom. The molecule has 0 heterocycles. The van der Waals surface area contributed by atoms with Crippen LogP contribution in [0.2, 0.25) is 5.02 Å². The Hall–Kier alpha value is -1.32. The number of benzene rings is 2. The highest BCUT2D eigenvalue weighted by atomic mass is 79.9. The summed E-state index contributed by atoms with van der Waals surface area (Å²) in [4.78, 5) is 12.1. The lowest BCUT2D eigenvalue weighted by Gasteiger charge is -2.30. The average molecular weight is 351 g/mol. The average Bonchev–Trinajstić information content (AvgIpc) is 2.42. The standard InChI is InChI=1S/C16H13BrClNO/c17-14-6-5-11(8-15(14)18)16(20)19-9-12-7-10-3-1-2-4-13(10)12/h1-6,8,12H,7,9H2,(H,19,20). The zero-order chi connectivity index (χ0) is 14.1. The Morgan fingerprint density at radius 1 is 1.30 bits per heavy atom. The molecule has 0 bridgehead atoms. The highest BCUT2D eigenvalue weighted by molar-refractivity contribution is 9.10. The SMILES string of the molecule is O=C(NCC1Cc2ccccc21)c1ccc(Br)c(Cl)c1. The van der Waals surface area contributed by atoms with Gasteiger partial charge in [-0.15, -0.1) is 0 Å². The van der Waals surface area contributed by atoms with Crippen LogP contribution in [-0.2, 0) is 6.42 Å². The van der Waals surface area contributed by atoms with Crippen molar-refractivity contribution >= 4 is 33.4 Å². The number of nitrogens with one attached hydrogen (secondary N) is 1. The van der Waals surface area contributed by atoms with E-state index in [1.807, 2.05) is 6.07 Å². The molecule has 0 radical (unpaired) electrons. The molecule has 0 saturated heterocycles. The van der Waals surface area contributed by atoms with Gasteiger partial charge in [0, 0.05) is 22.5 Å². The molecule has 4 heteroatoms. The third-order valence-electron chi connectivity index (χ3n) is 3.65. The molecule has 1 unspecified atom stereocenters. The van der Waals surface area contributed by atoms with Gasteiger partial charge < -0.3 is 5.32 Å². The van der Waals surface area contributed by atoms with E-state index in [4.69, 9.17) is 11.6 Å². The molecule has 2 aromatic rings. The van der Waals surface area contributed by atoms with E-state index in [1.165, 1.54) is 11.1 Å². The number of carbonyl (C=O) groups excluding carboxylic acids is 1. The summed E-state index contributed by atoms with van der Waals surface area (Å²) in [5.41, 5.74) is 3.32. The van der Waals surface area contributed by atoms with Crippen molar-refractivity contribution in [2.75, 3.05) is 6.54 Å². The van der Waals surface area contributed by atoms with E-state index >= 15 is 0 Å². The Bertz CT molecular complexity index is 671. The van der Waals surface area contributed by atoms with Crippen LogP contribution in [0.1, 0.15) is 27.4 Å². The highest BCUT2D eigenvalue weighted by Gasteiger charge is 2.25. The zero-order valence-electron chi connectivity index (χ0n) is 10.7. The Kier molecular flexibility index (Phi) is 3.81. The van der Waals surface area contributed by atoms with Crippen molar-refractivity contribution in [3.05, 3.63) is 68.7 Å². The van der Waals surface area contributed by atoms with E-state index in [9.17, 15) is 4.79 Å². The monoisotopic (exact) mass is 349 g/mol. The maximum Gasteiger partial charge on any atom is 0.251 e. The van der Waals surface area contributed by atoms with Gasteiger partial charge in [-0.3, -0.25) is 4.79 Å². The number of amides is 1. The van der Waals surface area contributed by atoms with Crippen LogP contribution in [0.5, 0.6) is 0 Å². The minimum absolute atomic E-state index is 0.0798. The largest absolute Gasteiger partial charge is 0.351 e. The van der Waals surface area contributed by atoms with Gasteiger partial charge in [-0.25, -0.2) is 0 Å². The second-order valence-corrected chi connectivity index (χ2v) is 6.20. The molecular formula is C16H13BrClNO. The summed E-state index contributed by atoms with van der Waals surface area (Å²) in [6, 6.07) is 13.6. The lowest BCUT2D eigenvalue weighted by atomic mass is 9.77. The van der Waals surface area contributed by atoms with Gasteiger partial charge in [-0.1, -0.05) is 35.9 Å². The van der Waals surface area contributed by atoms with E-state index in [0.717, 1.165) is 10.9 Å². The summed E-state index contributed by atoms with van der Waals surface area (Å²) < 4.78 is 0.795. The van der Waals surface area contributed by atoms with Gasteiger partial charge in [0.05, 0.1) is 5.02 Å². The highest BCUT2D eigenvalue weighted by Crippen LogP contribution is 2.34. The molecule has 1 atom stereocenters. The second kappa shape index (κ2) is 5.58. The fourth-order valence-electron chi connectivity index (χ4n) is 2.50. The van der Waals surface area contributed by atoms with E-state index in [0.29, 0.717) is 23.0 Å². The van der Waals surface area contributed by atoms with E-state index in [-0.39, 0.29) is 5.91 Å². The van der Waals surface area contributed by atoms with Gasteiger partial charge in [-0.2, -0.15) is 0 Å². The van der Waals surface area contributed by atoms with Crippen LogP contribution in [0.3, 0.4) is 0 Å². The number of carbonyl (C=O) groups is 1. The zero-order valence-corrected chi connectivity index (χ0v) is 13.0. The molecule has 0 spiro atoms. The lowest BCUT2D eigenvalue weighted by molar-refractivity contribution is 0.0950. The molecule has 0 aliphatic heterocycles. The smallest absolute Gasteiger partial charge is 0.251 e. The first-order chi connectivity index (χ1) is 9.65. The molecule has 0 aromatic heterocycles. The van der Waals surface area contributed by atoms with Crippen LogP contribution in [-0.4, -0.2) is 12.5 Å². The number of fused-ring (bicyclic) bond motifs is 1. The molecule has 102 valence electrons. The maximum atomic E-state index is 12.1. The first kappa shape index (κ1) is 13.7. The van der Waals surface area contributed by atoms with Crippen LogP contribution < -0.4 is 5.32 Å². The van der Waals surface area contributed by atoms with Crippen LogP contribution in [0.25, 0.3) is 0 Å². The van der Waals surface area contributed by atoms with E-state index in [1.54, 1.807) is 18.2 Å². The Balaban J connectivity index is 1.62. The third-order valence-corrected chi connectivity index (χ3v) is 4.88. The normalized spacial score (nSPS) is 16.2. The van der Waals surface area contributed by atoms with Gasteiger partial charge in [0.1, 0.15) is 0 Å². The topological polar surface area (TPSA) is 29.1 Å². The van der Waals surface area contributed by atoms with Crippen molar-refractivity contribution in [2.24, 2.45) is 0 Å². The van der Waals surface area contributed by atoms with Crippen molar-refractivity contribution in [1.82, 2.24) is 5.32 Å². The molecule has 1 aliphatic carbocycles. The molecule has 0 fully saturated rings. The summed E-state index contributed by atoms with van der Waals surface area (Å²) in [6.07, 6.45) is 1.04. The third kappa shape index (κ3) is 2.60. The Labute approximate surface area is 131 Å². The fraction of sp³-hybridized carbons (Fsp3) is 0.188. The van der Waals surface area contributed by atoms with Crippen molar-refractivity contribution in [3.8, 4) is 0 Å². The van der Waals surface area contributed by atoms with Crippen molar-refractivity contribution in [1.29, 1.82) is 0 Å². The molecule has 0 saturated carbocycles. The Morgan fingerprint density at radius 3 is 2.85 bits per heavy atom. The van der Waals surface area contributed by atoms with Crippen LogP contribution in [0.15, 0.2) is 46.9 Å². The predicted octanol–water partition coefficient (Wildman–Crippen LogP) is 4.17. The van der Waals surface area contributed by atoms with Gasteiger partial charge in [0.2, 0.25) is 0 Å². The predicted molar refractivity (Wildman–Crippen MR) is 84.4 cm³/mol. The second-order valence-electron chi connectivity index (χ2n) is 4.94. The van der Waals surface area contributed by atoms with Gasteiger partial charge in [0.25, 0.3) is 5.91 Å². The minimum atomic E-state index is -0.0798. The van der Waals surface area contributed by atoms with Crippen LogP contribution in [0.4, 0.5) is 0 Å². The van der Waals surface area contributed by atoms with Gasteiger partial charge in [0.15, 0.2) is 0 Å². The summed E-state index contributed by atoms with van der Waals surface area (Å²) in [6.45, 7) is 0.670. The van der Waals surface area contributed by atoms with E-state index in [2.05, 4.69) is 39.4 Å². The van der Waals surface area contributed by atoms with Crippen LogP contribution in [0, 0.1) is 0 Å². The van der Waals surface area contributed by atoms with Crippen LogP contribution >= 0.6 is 27.5 Å². The van der Waals surface area contributed by atoms with Crippen molar-refractivity contribution in [2.45, 2.75) is 12.3 Å². The fourth-order valence-corrected chi connectivity index (χ4v) is 2.93. The van der Waals surface area contributed by atoms with E-state index < -0.39 is 0 Å². The summed E-state index contributed by atoms with van der Waals surface area (Å²) in [7, 11) is 0. The number of halogens is 2. The number of hydrogen-bond donors (Lipinski definition) is 1. The quantitative estimate of drug-likeness (QED) is 0.884. The molecule has 20 heavy (non-hydrogen) atoms. The lowest BCUT2D eigenvalue weighted by Crippen LogP contribution is -2.33. The minimum Gasteiger partial charge on any atom is -0.351 e. The van der Waals surface area contributed by atoms with Gasteiger partial charge in [-0.05, 0) is 51.7 Å². The first-order valence-corrected chi connectivity index (χ1v) is 7.63. The van der Waals surface area contributed by atoms with Crippen molar-refractivity contribution < 1.29 is 4.79 Å². The summed E-state index contributed by atoms with van der Waals surface area (Å²) >= 11 is 9.31. The summed E-state index contributed by atoms with van der Waals surface area (Å²) in [5.74, 6) is 0.352. The molecule has 3 rings (SSSR count). The molecule has 1 N–H and O–H groups in total. The summed E-state index contributed by atoms with van der Waals surface area (Å²) in [5, 5.41) is 3.52. The number of hydrogen-bond acceptors (Lipinski definition) is 1. The molecular weight excluding hydrogens is 338 g/mol. The number of rotatable bonds is 3.